The van der Waals surface area contributed by atoms with E-state index in [1.807, 2.05) is 4.90 Å². The molecule has 2 N–H and O–H groups in total. The lowest BCUT2D eigenvalue weighted by molar-refractivity contribution is 0.0453. The summed E-state index contributed by atoms with van der Waals surface area (Å²) in [4.78, 5) is 15.8. The lowest BCUT2D eigenvalue weighted by Crippen LogP contribution is -2.43. The molecular formula is C19H28N4O2. The Labute approximate surface area is 149 Å². The standard InChI is InChI=1S/C19H28N4O2/c24-18-21-9-13-23(18)12-8-20-14-16-2-4-17(5-3-16)25-19-6-1-10-22(15-19)11-7-19/h2-5,20H,1,6-15H2,(H,21,24). The third-order valence-electron chi connectivity index (χ3n) is 5.59. The summed E-state index contributed by atoms with van der Waals surface area (Å²) in [5.74, 6) is 0.987. The summed E-state index contributed by atoms with van der Waals surface area (Å²) in [7, 11) is 0. The van der Waals surface area contributed by atoms with Gasteiger partial charge < -0.3 is 20.3 Å². The largest absolute Gasteiger partial charge is 0.486 e. The van der Waals surface area contributed by atoms with E-state index < -0.39 is 0 Å². The normalized spacial score (nSPS) is 28.2. The zero-order valence-electron chi connectivity index (χ0n) is 14.8. The van der Waals surface area contributed by atoms with Gasteiger partial charge in [0, 0.05) is 52.2 Å². The second kappa shape index (κ2) is 7.22. The van der Waals surface area contributed by atoms with Crippen molar-refractivity contribution in [1.82, 2.24) is 20.4 Å². The number of fused-ring (bicyclic) bond motifs is 2. The number of nitrogens with one attached hydrogen (secondary N) is 2. The van der Waals surface area contributed by atoms with Gasteiger partial charge in [-0.1, -0.05) is 12.1 Å². The van der Waals surface area contributed by atoms with Gasteiger partial charge in [0.2, 0.25) is 0 Å². The van der Waals surface area contributed by atoms with Crippen LogP contribution >= 0.6 is 0 Å². The number of ether oxygens (including phenoxy) is 1. The van der Waals surface area contributed by atoms with Crippen LogP contribution in [-0.4, -0.2) is 67.2 Å². The molecule has 3 fully saturated rings. The van der Waals surface area contributed by atoms with Crippen LogP contribution < -0.4 is 15.4 Å². The number of nitrogens with zero attached hydrogens (tertiary/aromatic N) is 2. The maximum Gasteiger partial charge on any atom is 0.317 e. The Kier molecular flexibility index (Phi) is 4.81. The predicted molar refractivity (Wildman–Crippen MR) is 96.8 cm³/mol. The van der Waals surface area contributed by atoms with Gasteiger partial charge in [0.25, 0.3) is 0 Å². The summed E-state index contributed by atoms with van der Waals surface area (Å²) < 4.78 is 6.38. The fourth-order valence-corrected chi connectivity index (χ4v) is 4.18. The van der Waals surface area contributed by atoms with E-state index in [9.17, 15) is 4.79 Å². The van der Waals surface area contributed by atoms with Crippen molar-refractivity contribution in [2.45, 2.75) is 31.4 Å². The fraction of sp³-hybridized carbons (Fsp3) is 0.632. The predicted octanol–water partition coefficient (Wildman–Crippen LogP) is 1.42. The van der Waals surface area contributed by atoms with E-state index in [-0.39, 0.29) is 11.6 Å². The van der Waals surface area contributed by atoms with Gasteiger partial charge in [-0.15, -0.1) is 0 Å². The Balaban J connectivity index is 1.22. The minimum absolute atomic E-state index is 0.0499. The molecule has 2 atom stereocenters. The van der Waals surface area contributed by atoms with Crippen molar-refractivity contribution in [2.75, 3.05) is 45.8 Å². The molecule has 2 amide bonds. The highest BCUT2D eigenvalue weighted by molar-refractivity contribution is 5.76. The molecule has 0 aromatic heterocycles. The first-order valence-electron chi connectivity index (χ1n) is 9.46. The van der Waals surface area contributed by atoms with Gasteiger partial charge in [0.15, 0.2) is 0 Å². The summed E-state index contributed by atoms with van der Waals surface area (Å²) in [5.41, 5.74) is 1.29. The lowest BCUT2D eigenvalue weighted by Gasteiger charge is -2.34. The molecule has 6 heteroatoms. The van der Waals surface area contributed by atoms with E-state index in [0.29, 0.717) is 0 Å². The molecule has 0 radical (unpaired) electrons. The van der Waals surface area contributed by atoms with E-state index in [4.69, 9.17) is 4.74 Å². The summed E-state index contributed by atoms with van der Waals surface area (Å²) in [6, 6.07) is 8.51. The van der Waals surface area contributed by atoms with Crippen LogP contribution in [0.3, 0.4) is 0 Å². The Bertz CT molecular complexity index is 602. The van der Waals surface area contributed by atoms with Gasteiger partial charge in [0.05, 0.1) is 0 Å². The molecule has 3 heterocycles. The minimum Gasteiger partial charge on any atom is -0.486 e. The molecule has 1 aromatic carbocycles. The molecule has 136 valence electrons. The van der Waals surface area contributed by atoms with Crippen molar-refractivity contribution >= 4 is 6.03 Å². The Morgan fingerprint density at radius 3 is 2.84 bits per heavy atom. The van der Waals surface area contributed by atoms with Gasteiger partial charge in [-0.3, -0.25) is 4.90 Å². The molecule has 0 saturated carbocycles. The molecule has 6 nitrogen and oxygen atoms in total. The second-order valence-electron chi connectivity index (χ2n) is 7.45. The van der Waals surface area contributed by atoms with Crippen LogP contribution in [0.15, 0.2) is 24.3 Å². The van der Waals surface area contributed by atoms with Crippen LogP contribution in [0.4, 0.5) is 4.79 Å². The van der Waals surface area contributed by atoms with Crippen molar-refractivity contribution in [3.8, 4) is 5.75 Å². The first-order chi connectivity index (χ1) is 12.2. The maximum absolute atomic E-state index is 11.5. The van der Waals surface area contributed by atoms with Gasteiger partial charge in [-0.2, -0.15) is 0 Å². The zero-order valence-corrected chi connectivity index (χ0v) is 14.8. The van der Waals surface area contributed by atoms with Gasteiger partial charge >= 0.3 is 6.03 Å². The second-order valence-corrected chi connectivity index (χ2v) is 7.45. The van der Waals surface area contributed by atoms with E-state index >= 15 is 0 Å². The number of piperidine rings is 1. The quantitative estimate of drug-likeness (QED) is 0.735. The lowest BCUT2D eigenvalue weighted by atomic mass is 9.94. The average molecular weight is 344 g/mol. The molecule has 3 aliphatic heterocycles. The highest BCUT2D eigenvalue weighted by Crippen LogP contribution is 2.35. The molecule has 25 heavy (non-hydrogen) atoms. The summed E-state index contributed by atoms with van der Waals surface area (Å²) in [6.07, 6.45) is 3.58. The van der Waals surface area contributed by atoms with E-state index in [1.54, 1.807) is 0 Å². The monoisotopic (exact) mass is 344 g/mol. The molecule has 2 unspecified atom stereocenters. The van der Waals surface area contributed by atoms with Gasteiger partial charge in [-0.05, 0) is 37.1 Å². The zero-order chi connectivity index (χ0) is 17.1. The van der Waals surface area contributed by atoms with Gasteiger partial charge in [0.1, 0.15) is 11.4 Å². The van der Waals surface area contributed by atoms with Crippen LogP contribution in [0.25, 0.3) is 0 Å². The molecule has 0 spiro atoms. The first kappa shape index (κ1) is 16.7. The molecule has 3 saturated heterocycles. The highest BCUT2D eigenvalue weighted by Gasteiger charge is 2.42. The topological polar surface area (TPSA) is 56.8 Å². The summed E-state index contributed by atoms with van der Waals surface area (Å²) in [6.45, 7) is 7.45. The maximum atomic E-state index is 11.5. The number of hydrogen-bond acceptors (Lipinski definition) is 4. The fourth-order valence-electron chi connectivity index (χ4n) is 4.18. The smallest absolute Gasteiger partial charge is 0.317 e. The Morgan fingerprint density at radius 2 is 2.04 bits per heavy atom. The van der Waals surface area contributed by atoms with Crippen molar-refractivity contribution in [2.24, 2.45) is 0 Å². The van der Waals surface area contributed by atoms with Crippen LogP contribution in [0.2, 0.25) is 0 Å². The minimum atomic E-state index is 0.0499. The third-order valence-corrected chi connectivity index (χ3v) is 5.59. The van der Waals surface area contributed by atoms with Crippen LogP contribution in [0, 0.1) is 0 Å². The highest BCUT2D eigenvalue weighted by atomic mass is 16.5. The number of urea groups is 1. The molecule has 2 bridgehead atoms. The Morgan fingerprint density at radius 1 is 1.16 bits per heavy atom. The number of carbonyl (C=O) groups is 1. The number of benzene rings is 1. The van der Waals surface area contributed by atoms with Crippen molar-refractivity contribution in [3.63, 3.8) is 0 Å². The van der Waals surface area contributed by atoms with Crippen LogP contribution in [-0.2, 0) is 6.54 Å². The Hall–Kier alpha value is -1.79. The van der Waals surface area contributed by atoms with Crippen molar-refractivity contribution < 1.29 is 9.53 Å². The number of rotatable bonds is 7. The average Bonchev–Trinajstić information content (AvgIpc) is 3.16. The first-order valence-corrected chi connectivity index (χ1v) is 9.46. The van der Waals surface area contributed by atoms with Gasteiger partial charge in [-0.25, -0.2) is 4.79 Å². The van der Waals surface area contributed by atoms with Crippen molar-refractivity contribution in [1.29, 1.82) is 0 Å². The van der Waals surface area contributed by atoms with E-state index in [0.717, 1.165) is 51.4 Å². The molecule has 4 rings (SSSR count). The van der Waals surface area contributed by atoms with E-state index in [1.165, 1.54) is 31.5 Å². The summed E-state index contributed by atoms with van der Waals surface area (Å²) >= 11 is 0. The van der Waals surface area contributed by atoms with Crippen molar-refractivity contribution in [3.05, 3.63) is 29.8 Å². The van der Waals surface area contributed by atoms with Crippen LogP contribution in [0.1, 0.15) is 24.8 Å². The molecule has 1 aromatic rings. The molecule has 3 aliphatic rings. The number of amides is 2. The number of hydrogen-bond donors (Lipinski definition) is 2. The van der Waals surface area contributed by atoms with Crippen LogP contribution in [0.5, 0.6) is 5.75 Å². The van der Waals surface area contributed by atoms with E-state index in [2.05, 4.69) is 39.8 Å². The molecule has 0 aliphatic carbocycles. The summed E-state index contributed by atoms with van der Waals surface area (Å²) in [5, 5.41) is 6.23. The SMILES string of the molecule is O=C1NCCN1CCNCc1ccc(OC23CCCN(CC2)C3)cc1. The number of carbonyl (C=O) groups excluding carboxylic acids is 1. The third kappa shape index (κ3) is 3.90. The molecular weight excluding hydrogens is 316 g/mol.